The predicted molar refractivity (Wildman–Crippen MR) is 64.8 cm³/mol. The van der Waals surface area contributed by atoms with E-state index in [0.29, 0.717) is 22.8 Å². The summed E-state index contributed by atoms with van der Waals surface area (Å²) in [7, 11) is 0. The van der Waals surface area contributed by atoms with Crippen LogP contribution >= 0.6 is 0 Å². The average Bonchev–Trinajstić information content (AvgIpc) is 2.69. The lowest BCUT2D eigenvalue weighted by molar-refractivity contribution is 0.102. The minimum Gasteiger partial charge on any atom is -0.469 e. The fourth-order valence-corrected chi connectivity index (χ4v) is 1.47. The topological polar surface area (TPSA) is 81.2 Å². The number of rotatable bonds is 2. The highest BCUT2D eigenvalue weighted by molar-refractivity contribution is 6.03. The van der Waals surface area contributed by atoms with Gasteiger partial charge in [0.15, 0.2) is 0 Å². The Labute approximate surface area is 98.6 Å². The molecule has 0 unspecified atom stereocenters. The van der Waals surface area contributed by atoms with E-state index in [0.717, 1.165) is 5.56 Å². The number of furan rings is 1. The Hall–Kier alpha value is -2.30. The molecule has 1 amide bonds. The molecule has 3 N–H and O–H groups in total. The van der Waals surface area contributed by atoms with Gasteiger partial charge in [0.25, 0.3) is 5.91 Å². The van der Waals surface area contributed by atoms with Crippen LogP contribution in [0.25, 0.3) is 0 Å². The molecule has 0 fully saturated rings. The van der Waals surface area contributed by atoms with Crippen LogP contribution in [0, 0.1) is 13.8 Å². The third-order valence-corrected chi connectivity index (χ3v) is 2.32. The summed E-state index contributed by atoms with van der Waals surface area (Å²) in [6.07, 6.45) is 2.92. The first kappa shape index (κ1) is 11.2. The van der Waals surface area contributed by atoms with Crippen LogP contribution in [0.2, 0.25) is 0 Å². The predicted octanol–water partition coefficient (Wildman–Crippen LogP) is 2.13. The van der Waals surface area contributed by atoms with Crippen LogP contribution in [0.4, 0.5) is 11.5 Å². The lowest BCUT2D eigenvalue weighted by atomic mass is 10.2. The van der Waals surface area contributed by atoms with Crippen molar-refractivity contribution in [2.24, 2.45) is 0 Å². The van der Waals surface area contributed by atoms with Crippen molar-refractivity contribution in [2.45, 2.75) is 13.8 Å². The van der Waals surface area contributed by atoms with E-state index in [9.17, 15) is 4.79 Å². The zero-order valence-electron chi connectivity index (χ0n) is 9.65. The molecule has 0 atom stereocenters. The van der Waals surface area contributed by atoms with Gasteiger partial charge < -0.3 is 15.5 Å². The van der Waals surface area contributed by atoms with Crippen LogP contribution in [-0.2, 0) is 0 Å². The molecule has 0 spiro atoms. The Bertz CT molecular complexity index is 561. The molecule has 88 valence electrons. The van der Waals surface area contributed by atoms with Gasteiger partial charge in [0.2, 0.25) is 0 Å². The highest BCUT2D eigenvalue weighted by Crippen LogP contribution is 2.15. The number of carbonyl (C=O) groups excluding carboxylic acids is 1. The van der Waals surface area contributed by atoms with E-state index in [1.807, 2.05) is 6.92 Å². The van der Waals surface area contributed by atoms with E-state index in [1.54, 1.807) is 19.1 Å². The molecule has 2 aromatic rings. The number of anilines is 2. The summed E-state index contributed by atoms with van der Waals surface area (Å²) in [5.74, 6) is 0.947. The molecule has 2 heterocycles. The van der Waals surface area contributed by atoms with Crippen molar-refractivity contribution in [1.82, 2.24) is 4.98 Å². The van der Waals surface area contributed by atoms with Crippen LogP contribution < -0.4 is 11.1 Å². The Balaban J connectivity index is 2.18. The molecule has 0 bridgehead atoms. The monoisotopic (exact) mass is 231 g/mol. The third kappa shape index (κ3) is 2.44. The molecule has 0 saturated carbocycles. The van der Waals surface area contributed by atoms with Crippen molar-refractivity contribution in [3.8, 4) is 0 Å². The van der Waals surface area contributed by atoms with Gasteiger partial charge in [0.1, 0.15) is 17.8 Å². The smallest absolute Gasteiger partial charge is 0.260 e. The summed E-state index contributed by atoms with van der Waals surface area (Å²) in [6, 6.07) is 3.42. The van der Waals surface area contributed by atoms with Gasteiger partial charge in [-0.1, -0.05) is 0 Å². The Morgan fingerprint density at radius 3 is 2.76 bits per heavy atom. The zero-order valence-corrected chi connectivity index (χ0v) is 9.65. The van der Waals surface area contributed by atoms with Crippen LogP contribution in [0.5, 0.6) is 0 Å². The Kier molecular flexibility index (Phi) is 2.82. The van der Waals surface area contributed by atoms with Crippen molar-refractivity contribution in [1.29, 1.82) is 0 Å². The quantitative estimate of drug-likeness (QED) is 0.829. The second-order valence-electron chi connectivity index (χ2n) is 3.83. The first-order valence-electron chi connectivity index (χ1n) is 5.15. The molecular weight excluding hydrogens is 218 g/mol. The number of pyridine rings is 1. The van der Waals surface area contributed by atoms with Crippen molar-refractivity contribution < 1.29 is 9.21 Å². The largest absolute Gasteiger partial charge is 0.469 e. The third-order valence-electron chi connectivity index (χ3n) is 2.32. The summed E-state index contributed by atoms with van der Waals surface area (Å²) < 4.78 is 5.07. The SMILES string of the molecule is Cc1cc(C(=O)Nc2ncc(N)cc2C)co1. The maximum absolute atomic E-state index is 11.8. The fraction of sp³-hybridized carbons (Fsp3) is 0.167. The van der Waals surface area contributed by atoms with Gasteiger partial charge in [-0.2, -0.15) is 0 Å². The van der Waals surface area contributed by atoms with E-state index in [1.165, 1.54) is 12.5 Å². The van der Waals surface area contributed by atoms with E-state index >= 15 is 0 Å². The summed E-state index contributed by atoms with van der Waals surface area (Å²) >= 11 is 0. The molecule has 0 aromatic carbocycles. The maximum atomic E-state index is 11.8. The molecule has 0 radical (unpaired) electrons. The highest BCUT2D eigenvalue weighted by atomic mass is 16.3. The highest BCUT2D eigenvalue weighted by Gasteiger charge is 2.10. The molecule has 0 aliphatic heterocycles. The number of nitrogens with one attached hydrogen (secondary N) is 1. The van der Waals surface area contributed by atoms with E-state index in [-0.39, 0.29) is 5.91 Å². The molecule has 0 aliphatic rings. The van der Waals surface area contributed by atoms with Crippen LogP contribution in [-0.4, -0.2) is 10.9 Å². The van der Waals surface area contributed by atoms with E-state index < -0.39 is 0 Å². The molecule has 0 aliphatic carbocycles. The van der Waals surface area contributed by atoms with Gasteiger partial charge in [0.05, 0.1) is 17.4 Å². The van der Waals surface area contributed by atoms with Gasteiger partial charge in [-0.25, -0.2) is 4.98 Å². The molecule has 5 nitrogen and oxygen atoms in total. The second kappa shape index (κ2) is 4.29. The minimum atomic E-state index is -0.248. The van der Waals surface area contributed by atoms with Crippen molar-refractivity contribution >= 4 is 17.4 Å². The normalized spacial score (nSPS) is 10.2. The number of nitrogens with two attached hydrogens (primary N) is 1. The summed E-state index contributed by atoms with van der Waals surface area (Å²) in [5, 5.41) is 2.70. The number of aryl methyl sites for hydroxylation is 2. The second-order valence-corrected chi connectivity index (χ2v) is 3.83. The van der Waals surface area contributed by atoms with Crippen molar-refractivity contribution in [2.75, 3.05) is 11.1 Å². The summed E-state index contributed by atoms with van der Waals surface area (Å²) in [4.78, 5) is 15.9. The van der Waals surface area contributed by atoms with Crippen LogP contribution in [0.15, 0.2) is 29.0 Å². The number of nitrogen functional groups attached to an aromatic ring is 1. The average molecular weight is 231 g/mol. The number of aromatic nitrogens is 1. The number of amides is 1. The molecule has 5 heteroatoms. The maximum Gasteiger partial charge on any atom is 0.260 e. The van der Waals surface area contributed by atoms with Gasteiger partial charge in [-0.15, -0.1) is 0 Å². The van der Waals surface area contributed by atoms with Gasteiger partial charge in [-0.3, -0.25) is 4.79 Å². The molecule has 2 rings (SSSR count). The van der Waals surface area contributed by atoms with Gasteiger partial charge in [-0.05, 0) is 31.5 Å². The van der Waals surface area contributed by atoms with Crippen LogP contribution in [0.1, 0.15) is 21.7 Å². The van der Waals surface area contributed by atoms with E-state index in [4.69, 9.17) is 10.2 Å². The minimum absolute atomic E-state index is 0.248. The molecule has 2 aromatic heterocycles. The lowest BCUT2D eigenvalue weighted by Gasteiger charge is -2.06. The van der Waals surface area contributed by atoms with E-state index in [2.05, 4.69) is 10.3 Å². The van der Waals surface area contributed by atoms with Gasteiger partial charge in [0, 0.05) is 0 Å². The van der Waals surface area contributed by atoms with Crippen molar-refractivity contribution in [3.05, 3.63) is 41.5 Å². The fourth-order valence-electron chi connectivity index (χ4n) is 1.47. The Morgan fingerprint density at radius 2 is 2.18 bits per heavy atom. The Morgan fingerprint density at radius 1 is 1.41 bits per heavy atom. The first-order chi connectivity index (χ1) is 8.06. The number of hydrogen-bond acceptors (Lipinski definition) is 4. The summed E-state index contributed by atoms with van der Waals surface area (Å²) in [5.41, 5.74) is 7.44. The van der Waals surface area contributed by atoms with Crippen LogP contribution in [0.3, 0.4) is 0 Å². The number of hydrogen-bond donors (Lipinski definition) is 2. The molecule has 0 saturated heterocycles. The number of nitrogens with zero attached hydrogens (tertiary/aromatic N) is 1. The zero-order chi connectivity index (χ0) is 12.4. The van der Waals surface area contributed by atoms with Gasteiger partial charge >= 0.3 is 0 Å². The lowest BCUT2D eigenvalue weighted by Crippen LogP contribution is -2.13. The molecule has 17 heavy (non-hydrogen) atoms. The first-order valence-corrected chi connectivity index (χ1v) is 5.15. The standard InChI is InChI=1S/C12H13N3O2/c1-7-3-10(13)5-14-11(7)15-12(16)9-4-8(2)17-6-9/h3-6H,13H2,1-2H3,(H,14,15,16). The van der Waals surface area contributed by atoms with Crippen molar-refractivity contribution in [3.63, 3.8) is 0 Å². The molecular formula is C12H13N3O2. The number of carbonyl (C=O) groups is 1. The summed E-state index contributed by atoms with van der Waals surface area (Å²) in [6.45, 7) is 3.61.